The predicted octanol–water partition coefficient (Wildman–Crippen LogP) is 7.72. The summed E-state index contributed by atoms with van der Waals surface area (Å²) in [5.74, 6) is -0.209. The highest BCUT2D eigenvalue weighted by molar-refractivity contribution is 7.89. The van der Waals surface area contributed by atoms with Crippen molar-refractivity contribution in [2.75, 3.05) is 5.32 Å². The highest BCUT2D eigenvalue weighted by atomic mass is 32.2. The second kappa shape index (κ2) is 11.9. The van der Waals surface area contributed by atoms with Crippen molar-refractivity contribution in [1.82, 2.24) is 9.78 Å². The lowest BCUT2D eigenvalue weighted by Crippen LogP contribution is -2.19. The molecule has 1 heterocycles. The second-order valence-electron chi connectivity index (χ2n) is 13.7. The lowest BCUT2D eigenvalue weighted by atomic mass is 9.79. The van der Waals surface area contributed by atoms with E-state index in [-0.39, 0.29) is 27.2 Å². The SMILES string of the molecule is Cc1ccc(-c2ccccc2-c2cc(C(=O)Nc3cc(C(C)(C)C)c(O)c(C(C)(C)C)c3)nn2-c2ccc(S(N)(=O)=O)cc2)cc1. The van der Waals surface area contributed by atoms with Crippen LogP contribution in [0.4, 0.5) is 5.69 Å². The van der Waals surface area contributed by atoms with E-state index < -0.39 is 15.9 Å². The molecule has 0 saturated carbocycles. The Bertz CT molecular complexity index is 2000. The van der Waals surface area contributed by atoms with Gasteiger partial charge in [-0.05, 0) is 71.3 Å². The first-order valence-electron chi connectivity index (χ1n) is 15.0. The fraction of sp³-hybridized carbons (Fsp3) is 0.243. The minimum atomic E-state index is -3.90. The highest BCUT2D eigenvalue weighted by Crippen LogP contribution is 2.41. The minimum Gasteiger partial charge on any atom is -0.507 e. The second-order valence-corrected chi connectivity index (χ2v) is 15.2. The summed E-state index contributed by atoms with van der Waals surface area (Å²) in [6.45, 7) is 14.1. The van der Waals surface area contributed by atoms with E-state index in [1.165, 1.54) is 12.1 Å². The number of hydrogen-bond acceptors (Lipinski definition) is 5. The van der Waals surface area contributed by atoms with Gasteiger partial charge in [-0.3, -0.25) is 4.79 Å². The van der Waals surface area contributed by atoms with Crippen molar-refractivity contribution in [3.63, 3.8) is 0 Å². The molecule has 0 saturated heterocycles. The number of sulfonamides is 1. The van der Waals surface area contributed by atoms with Crippen molar-refractivity contribution in [2.45, 2.75) is 64.2 Å². The first kappa shape index (κ1) is 32.7. The summed E-state index contributed by atoms with van der Waals surface area (Å²) in [6.07, 6.45) is 0. The molecular formula is C37H40N4O4S. The minimum absolute atomic E-state index is 0.0281. The largest absolute Gasteiger partial charge is 0.507 e. The van der Waals surface area contributed by atoms with Gasteiger partial charge in [-0.15, -0.1) is 0 Å². The van der Waals surface area contributed by atoms with E-state index in [1.807, 2.05) is 97.0 Å². The van der Waals surface area contributed by atoms with Gasteiger partial charge < -0.3 is 10.4 Å². The summed E-state index contributed by atoms with van der Waals surface area (Å²) in [6, 6.07) is 27.4. The number of primary sulfonamides is 1. The van der Waals surface area contributed by atoms with Gasteiger partial charge in [0.2, 0.25) is 10.0 Å². The Morgan fingerprint density at radius 1 is 0.804 bits per heavy atom. The molecule has 4 N–H and O–H groups in total. The van der Waals surface area contributed by atoms with Gasteiger partial charge in [-0.2, -0.15) is 5.10 Å². The zero-order valence-corrected chi connectivity index (χ0v) is 28.0. The monoisotopic (exact) mass is 636 g/mol. The van der Waals surface area contributed by atoms with Crippen molar-refractivity contribution in [3.05, 3.63) is 113 Å². The third kappa shape index (κ3) is 6.76. The standard InChI is InChI=1S/C37H40N4O4S/c1-23-12-14-24(15-13-23)28-10-8-9-11-29(28)33-22-32(40-41(33)26-16-18-27(19-17-26)46(38,44)45)35(43)39-25-20-30(36(2,3)4)34(42)31(21-25)37(5,6)7/h8-22,42H,1-7H3,(H,39,43)(H2,38,44,45). The van der Waals surface area contributed by atoms with E-state index in [4.69, 9.17) is 10.2 Å². The molecule has 1 aromatic heterocycles. The van der Waals surface area contributed by atoms with E-state index in [0.29, 0.717) is 17.1 Å². The number of aryl methyl sites for hydroxylation is 1. The molecule has 0 aliphatic rings. The Balaban J connectivity index is 1.65. The van der Waals surface area contributed by atoms with Crippen LogP contribution >= 0.6 is 0 Å². The van der Waals surface area contributed by atoms with Gasteiger partial charge in [-0.1, -0.05) is 95.6 Å². The average molecular weight is 637 g/mol. The molecule has 4 aromatic carbocycles. The fourth-order valence-corrected chi connectivity index (χ4v) is 5.91. The van der Waals surface area contributed by atoms with E-state index >= 15 is 0 Å². The normalized spacial score (nSPS) is 12.3. The Morgan fingerprint density at radius 2 is 1.35 bits per heavy atom. The summed E-state index contributed by atoms with van der Waals surface area (Å²) in [7, 11) is -3.90. The lowest BCUT2D eigenvalue weighted by molar-refractivity contribution is 0.102. The third-order valence-electron chi connectivity index (χ3n) is 7.90. The summed E-state index contributed by atoms with van der Waals surface area (Å²) in [4.78, 5) is 13.9. The van der Waals surface area contributed by atoms with Crippen LogP contribution in [0.2, 0.25) is 0 Å². The molecule has 5 rings (SSSR count). The summed E-state index contributed by atoms with van der Waals surface area (Å²) >= 11 is 0. The number of nitrogens with one attached hydrogen (secondary N) is 1. The van der Waals surface area contributed by atoms with Gasteiger partial charge in [0.15, 0.2) is 5.69 Å². The topological polar surface area (TPSA) is 127 Å². The van der Waals surface area contributed by atoms with Gasteiger partial charge in [0.05, 0.1) is 16.3 Å². The van der Waals surface area contributed by atoms with E-state index in [9.17, 15) is 18.3 Å². The Morgan fingerprint density at radius 3 is 1.87 bits per heavy atom. The number of phenolic OH excluding ortho intramolecular Hbond substituents is 1. The van der Waals surface area contributed by atoms with Crippen LogP contribution in [0, 0.1) is 6.92 Å². The number of nitrogens with zero attached hydrogens (tertiary/aromatic N) is 2. The molecule has 0 spiro atoms. The zero-order valence-electron chi connectivity index (χ0n) is 27.2. The van der Waals surface area contributed by atoms with Crippen molar-refractivity contribution < 1.29 is 18.3 Å². The number of amides is 1. The molecule has 0 aliphatic heterocycles. The molecule has 0 aliphatic carbocycles. The molecule has 5 aromatic rings. The van der Waals surface area contributed by atoms with Crippen LogP contribution in [-0.2, 0) is 20.9 Å². The number of phenols is 1. The number of carbonyl (C=O) groups is 1. The first-order chi connectivity index (χ1) is 21.4. The van der Waals surface area contributed by atoms with Crippen molar-refractivity contribution in [1.29, 1.82) is 0 Å². The molecule has 238 valence electrons. The summed E-state index contributed by atoms with van der Waals surface area (Å²) in [5, 5.41) is 24.2. The Kier molecular flexibility index (Phi) is 8.44. The number of hydrogen-bond donors (Lipinski definition) is 3. The van der Waals surface area contributed by atoms with Crippen LogP contribution in [0.5, 0.6) is 5.75 Å². The molecule has 8 nitrogen and oxygen atoms in total. The van der Waals surface area contributed by atoms with E-state index in [1.54, 1.807) is 35.0 Å². The van der Waals surface area contributed by atoms with Gasteiger partial charge in [0.1, 0.15) is 5.75 Å². The average Bonchev–Trinajstić information content (AvgIpc) is 3.42. The van der Waals surface area contributed by atoms with Crippen LogP contribution in [-0.4, -0.2) is 29.2 Å². The number of benzene rings is 4. The molecular weight excluding hydrogens is 596 g/mol. The number of rotatable bonds is 6. The Labute approximate surface area is 271 Å². The van der Waals surface area contributed by atoms with Crippen molar-refractivity contribution in [2.24, 2.45) is 5.14 Å². The fourth-order valence-electron chi connectivity index (χ4n) is 5.39. The van der Waals surface area contributed by atoms with Crippen LogP contribution < -0.4 is 10.5 Å². The Hall–Kier alpha value is -4.73. The van der Waals surface area contributed by atoms with Crippen LogP contribution in [0.3, 0.4) is 0 Å². The number of carbonyl (C=O) groups excluding carboxylic acids is 1. The predicted molar refractivity (Wildman–Crippen MR) is 184 cm³/mol. The zero-order chi connectivity index (χ0) is 33.6. The number of aromatic hydroxyl groups is 1. The quantitative estimate of drug-likeness (QED) is 0.165. The van der Waals surface area contributed by atoms with Crippen LogP contribution in [0.1, 0.15) is 68.7 Å². The lowest BCUT2D eigenvalue weighted by Gasteiger charge is -2.28. The number of aromatic nitrogens is 2. The maximum absolute atomic E-state index is 13.9. The van der Waals surface area contributed by atoms with Gasteiger partial charge >= 0.3 is 0 Å². The summed E-state index contributed by atoms with van der Waals surface area (Å²) < 4.78 is 25.5. The maximum Gasteiger partial charge on any atom is 0.276 e. The molecule has 0 bridgehead atoms. The van der Waals surface area contributed by atoms with Gasteiger partial charge in [-0.25, -0.2) is 18.2 Å². The van der Waals surface area contributed by atoms with Crippen molar-refractivity contribution in [3.8, 4) is 33.8 Å². The maximum atomic E-state index is 13.9. The van der Waals surface area contributed by atoms with Gasteiger partial charge in [0, 0.05) is 22.4 Å². The molecule has 0 unspecified atom stereocenters. The van der Waals surface area contributed by atoms with Crippen molar-refractivity contribution >= 4 is 21.6 Å². The number of nitrogens with two attached hydrogens (primary N) is 1. The molecule has 0 atom stereocenters. The summed E-state index contributed by atoms with van der Waals surface area (Å²) in [5.41, 5.74) is 6.52. The first-order valence-corrected chi connectivity index (χ1v) is 16.6. The molecule has 0 fully saturated rings. The van der Waals surface area contributed by atoms with Crippen LogP contribution in [0.25, 0.3) is 28.1 Å². The van der Waals surface area contributed by atoms with E-state index in [2.05, 4.69) is 5.32 Å². The third-order valence-corrected chi connectivity index (χ3v) is 8.83. The smallest absolute Gasteiger partial charge is 0.276 e. The van der Waals surface area contributed by atoms with Gasteiger partial charge in [0.25, 0.3) is 5.91 Å². The molecule has 1 amide bonds. The molecule has 0 radical (unpaired) electrons. The molecule has 46 heavy (non-hydrogen) atoms. The highest BCUT2D eigenvalue weighted by Gasteiger charge is 2.28. The van der Waals surface area contributed by atoms with E-state index in [0.717, 1.165) is 33.4 Å². The number of anilines is 1. The van der Waals surface area contributed by atoms with Crippen LogP contribution in [0.15, 0.2) is 95.9 Å². The molecule has 9 heteroatoms.